The van der Waals surface area contributed by atoms with Gasteiger partial charge < -0.3 is 24.6 Å². The quantitative estimate of drug-likeness (QED) is 0.393. The molecule has 2 aromatic rings. The van der Waals surface area contributed by atoms with E-state index >= 15 is 0 Å². The number of aliphatic hydroxyl groups excluding tert-OH is 1. The van der Waals surface area contributed by atoms with Crippen molar-refractivity contribution in [2.24, 2.45) is 0 Å². The lowest BCUT2D eigenvalue weighted by atomic mass is 9.95. The van der Waals surface area contributed by atoms with Crippen molar-refractivity contribution in [2.75, 3.05) is 26.9 Å². The van der Waals surface area contributed by atoms with Crippen molar-refractivity contribution in [2.45, 2.75) is 19.4 Å². The monoisotopic (exact) mass is 411 g/mol. The van der Waals surface area contributed by atoms with Gasteiger partial charge in [-0.1, -0.05) is 19.1 Å². The highest BCUT2D eigenvalue weighted by atomic mass is 16.5. The van der Waals surface area contributed by atoms with Crippen molar-refractivity contribution in [3.63, 3.8) is 0 Å². The lowest BCUT2D eigenvalue weighted by Crippen LogP contribution is -2.32. The van der Waals surface area contributed by atoms with Crippen LogP contribution in [0.5, 0.6) is 11.5 Å². The fraction of sp³-hybridized carbons (Fsp3) is 0.304. The van der Waals surface area contributed by atoms with Gasteiger partial charge in [0.15, 0.2) is 0 Å². The third-order valence-electron chi connectivity index (χ3n) is 4.89. The summed E-state index contributed by atoms with van der Waals surface area (Å²) in [5.41, 5.74) is 1.02. The van der Waals surface area contributed by atoms with Gasteiger partial charge in [-0.2, -0.15) is 0 Å². The number of ether oxygens (including phenoxy) is 2. The zero-order chi connectivity index (χ0) is 21.7. The number of rotatable bonds is 8. The van der Waals surface area contributed by atoms with Crippen LogP contribution in [-0.2, 0) is 14.3 Å². The molecule has 0 bridgehead atoms. The zero-order valence-electron chi connectivity index (χ0n) is 17.0. The van der Waals surface area contributed by atoms with Crippen molar-refractivity contribution in [1.82, 2.24) is 4.90 Å². The fourth-order valence-electron chi connectivity index (χ4n) is 3.39. The van der Waals surface area contributed by atoms with Crippen molar-refractivity contribution in [1.29, 1.82) is 0 Å². The molecule has 1 atom stereocenters. The molecule has 1 amide bonds. The first-order chi connectivity index (χ1) is 14.5. The fourth-order valence-corrected chi connectivity index (χ4v) is 3.39. The molecule has 0 aromatic heterocycles. The van der Waals surface area contributed by atoms with Gasteiger partial charge in [-0.25, -0.2) is 0 Å². The van der Waals surface area contributed by atoms with Gasteiger partial charge in [-0.15, -0.1) is 0 Å². The number of carbonyl (C=O) groups excluding carboxylic acids is 2. The van der Waals surface area contributed by atoms with Crippen LogP contribution >= 0.6 is 0 Å². The van der Waals surface area contributed by atoms with E-state index in [1.807, 2.05) is 6.92 Å². The zero-order valence-corrected chi connectivity index (χ0v) is 17.0. The van der Waals surface area contributed by atoms with E-state index in [0.29, 0.717) is 23.5 Å². The van der Waals surface area contributed by atoms with Crippen LogP contribution in [0.1, 0.15) is 30.5 Å². The Morgan fingerprint density at radius 2 is 1.70 bits per heavy atom. The molecule has 1 saturated heterocycles. The van der Waals surface area contributed by atoms with Crippen LogP contribution < -0.4 is 4.74 Å². The van der Waals surface area contributed by atoms with Gasteiger partial charge >= 0.3 is 0 Å². The number of methoxy groups -OCH3 is 1. The summed E-state index contributed by atoms with van der Waals surface area (Å²) in [6.45, 7) is 3.02. The second-order valence-electron chi connectivity index (χ2n) is 6.95. The maximum atomic E-state index is 12.8. The number of amides is 1. The number of nitrogens with zero attached hydrogens (tertiary/aromatic N) is 1. The SMILES string of the molecule is CCCOc1ccc(C(O)=C2C(=O)C(=O)N(CCOC)[C@@H]2c2ccc(O)cc2)cc1. The highest BCUT2D eigenvalue weighted by Crippen LogP contribution is 2.39. The van der Waals surface area contributed by atoms with Gasteiger partial charge in [-0.05, 0) is 48.4 Å². The molecule has 0 aliphatic carbocycles. The molecule has 3 rings (SSSR count). The number of carbonyl (C=O) groups is 2. The third kappa shape index (κ3) is 4.31. The van der Waals surface area contributed by atoms with Crippen molar-refractivity contribution in [3.8, 4) is 11.5 Å². The van der Waals surface area contributed by atoms with Crippen LogP contribution in [0.4, 0.5) is 0 Å². The number of phenols is 1. The van der Waals surface area contributed by atoms with Crippen molar-refractivity contribution >= 4 is 17.4 Å². The van der Waals surface area contributed by atoms with E-state index in [9.17, 15) is 19.8 Å². The van der Waals surface area contributed by atoms with Gasteiger partial charge in [0.25, 0.3) is 11.7 Å². The molecule has 7 nitrogen and oxygen atoms in total. The first kappa shape index (κ1) is 21.4. The number of ketones is 1. The molecular weight excluding hydrogens is 386 g/mol. The summed E-state index contributed by atoms with van der Waals surface area (Å²) in [5, 5.41) is 20.6. The minimum Gasteiger partial charge on any atom is -0.508 e. The van der Waals surface area contributed by atoms with Crippen LogP contribution in [0.3, 0.4) is 0 Å². The molecule has 30 heavy (non-hydrogen) atoms. The Labute approximate surface area is 175 Å². The Hall–Kier alpha value is -3.32. The molecule has 1 aliphatic heterocycles. The Morgan fingerprint density at radius 3 is 2.30 bits per heavy atom. The molecule has 158 valence electrons. The highest BCUT2D eigenvalue weighted by Gasteiger charge is 2.45. The maximum Gasteiger partial charge on any atom is 0.295 e. The molecule has 0 saturated carbocycles. The molecule has 2 aromatic carbocycles. The molecule has 0 radical (unpaired) electrons. The summed E-state index contributed by atoms with van der Waals surface area (Å²) in [5.74, 6) is -0.991. The third-order valence-corrected chi connectivity index (χ3v) is 4.89. The largest absolute Gasteiger partial charge is 0.508 e. The summed E-state index contributed by atoms with van der Waals surface area (Å²) in [6, 6.07) is 12.1. The maximum absolute atomic E-state index is 12.8. The number of benzene rings is 2. The molecule has 0 unspecified atom stereocenters. The average molecular weight is 411 g/mol. The normalized spacial score (nSPS) is 18.1. The number of phenolic OH excluding ortho intramolecular Hbond substituents is 1. The second-order valence-corrected chi connectivity index (χ2v) is 6.95. The van der Waals surface area contributed by atoms with Gasteiger partial charge in [0.2, 0.25) is 0 Å². The number of hydrogen-bond acceptors (Lipinski definition) is 6. The summed E-state index contributed by atoms with van der Waals surface area (Å²) in [4.78, 5) is 26.9. The van der Waals surface area contributed by atoms with Crippen LogP contribution in [0, 0.1) is 0 Å². The van der Waals surface area contributed by atoms with Crippen molar-refractivity contribution in [3.05, 3.63) is 65.2 Å². The minimum atomic E-state index is -0.781. The van der Waals surface area contributed by atoms with E-state index in [1.54, 1.807) is 36.4 Å². The summed E-state index contributed by atoms with van der Waals surface area (Å²) in [6.07, 6.45) is 0.874. The van der Waals surface area contributed by atoms with Gasteiger partial charge in [-0.3, -0.25) is 9.59 Å². The summed E-state index contributed by atoms with van der Waals surface area (Å²) in [7, 11) is 1.51. The molecular formula is C23H25NO6. The lowest BCUT2D eigenvalue weighted by molar-refractivity contribution is -0.140. The molecule has 1 aliphatic rings. The molecule has 0 spiro atoms. The van der Waals surface area contributed by atoms with E-state index in [0.717, 1.165) is 6.42 Å². The van der Waals surface area contributed by atoms with Gasteiger partial charge in [0.05, 0.1) is 24.8 Å². The number of aromatic hydroxyl groups is 1. The molecule has 1 fully saturated rings. The van der Waals surface area contributed by atoms with E-state index in [1.165, 1.54) is 24.1 Å². The molecule has 2 N–H and O–H groups in total. The number of likely N-dealkylation sites (tertiary alicyclic amines) is 1. The Balaban J connectivity index is 2.04. The molecule has 7 heteroatoms. The number of aliphatic hydroxyl groups is 1. The Bertz CT molecular complexity index is 933. The topological polar surface area (TPSA) is 96.3 Å². The Morgan fingerprint density at radius 1 is 1.03 bits per heavy atom. The predicted molar refractivity (Wildman–Crippen MR) is 111 cm³/mol. The standard InChI is InChI=1S/C23H25NO6/c1-3-13-30-18-10-6-16(7-11-18)21(26)19-20(15-4-8-17(25)9-5-15)24(12-14-29-2)23(28)22(19)27/h4-11,20,25-26H,3,12-14H2,1-2H3/t20-/m1/s1. The first-order valence-electron chi connectivity index (χ1n) is 9.77. The lowest BCUT2D eigenvalue weighted by Gasteiger charge is -2.25. The van der Waals surface area contributed by atoms with Crippen LogP contribution in [0.15, 0.2) is 54.1 Å². The average Bonchev–Trinajstić information content (AvgIpc) is 3.01. The van der Waals surface area contributed by atoms with Crippen LogP contribution in [-0.4, -0.2) is 53.7 Å². The van der Waals surface area contributed by atoms with Crippen molar-refractivity contribution < 1.29 is 29.3 Å². The minimum absolute atomic E-state index is 0.00372. The predicted octanol–water partition coefficient (Wildman–Crippen LogP) is 3.25. The second kappa shape index (κ2) is 9.45. The van der Waals surface area contributed by atoms with E-state index in [-0.39, 0.29) is 30.2 Å². The highest BCUT2D eigenvalue weighted by molar-refractivity contribution is 6.46. The first-order valence-corrected chi connectivity index (χ1v) is 9.77. The Kier molecular flexibility index (Phi) is 6.74. The van der Waals surface area contributed by atoms with E-state index < -0.39 is 17.7 Å². The smallest absolute Gasteiger partial charge is 0.295 e. The van der Waals surface area contributed by atoms with Gasteiger partial charge in [0, 0.05) is 19.2 Å². The van der Waals surface area contributed by atoms with Crippen LogP contribution in [0.2, 0.25) is 0 Å². The molecule has 1 heterocycles. The number of Topliss-reactive ketones (excluding diaryl/α,β-unsaturated/α-hetero) is 1. The van der Waals surface area contributed by atoms with E-state index in [4.69, 9.17) is 9.47 Å². The van der Waals surface area contributed by atoms with Gasteiger partial charge in [0.1, 0.15) is 17.3 Å². The van der Waals surface area contributed by atoms with Crippen LogP contribution in [0.25, 0.3) is 5.76 Å². The number of hydrogen-bond donors (Lipinski definition) is 2. The van der Waals surface area contributed by atoms with E-state index in [2.05, 4.69) is 0 Å². The summed E-state index contributed by atoms with van der Waals surface area (Å²) < 4.78 is 10.6. The summed E-state index contributed by atoms with van der Waals surface area (Å²) >= 11 is 0.